The minimum atomic E-state index is -0.580. The average molecular weight is 296 g/mol. The Hall–Kier alpha value is -1.62. The molecule has 5 heteroatoms. The summed E-state index contributed by atoms with van der Waals surface area (Å²) in [5.41, 5.74) is 5.76. The van der Waals surface area contributed by atoms with E-state index in [4.69, 9.17) is 10.5 Å². The third-order valence-electron chi connectivity index (χ3n) is 3.74. The first kappa shape index (κ1) is 17.4. The Bertz CT molecular complexity index is 471. The first-order chi connectivity index (χ1) is 10.0. The van der Waals surface area contributed by atoms with Crippen molar-refractivity contribution >= 4 is 11.6 Å². The van der Waals surface area contributed by atoms with Gasteiger partial charge in [-0.3, -0.25) is 4.79 Å². The van der Waals surface area contributed by atoms with Gasteiger partial charge >= 0.3 is 0 Å². The Labute approximate surface area is 125 Å². The number of ether oxygens (including phenoxy) is 1. The maximum atomic E-state index is 13.2. The number of hydrogen-bond acceptors (Lipinski definition) is 3. The van der Waals surface area contributed by atoms with Crippen LogP contribution in [0.5, 0.6) is 5.75 Å². The topological polar surface area (TPSA) is 64.4 Å². The standard InChI is InChI=1S/C16H25FN2O2/c1-4-8-16(11-18,9-5-2)15(20)19-13-7-6-12(17)10-14(13)21-3/h6-7,10H,4-5,8-9,11,18H2,1-3H3,(H,19,20). The van der Waals surface area contributed by atoms with Crippen molar-refractivity contribution in [1.82, 2.24) is 0 Å². The molecule has 0 unspecified atom stereocenters. The summed E-state index contributed by atoms with van der Waals surface area (Å²) < 4.78 is 18.3. The molecular formula is C16H25FN2O2. The summed E-state index contributed by atoms with van der Waals surface area (Å²) in [7, 11) is 1.44. The highest BCUT2D eigenvalue weighted by atomic mass is 19.1. The predicted molar refractivity (Wildman–Crippen MR) is 82.9 cm³/mol. The van der Waals surface area contributed by atoms with E-state index < -0.39 is 11.2 Å². The molecule has 1 rings (SSSR count). The fourth-order valence-electron chi connectivity index (χ4n) is 2.63. The molecule has 0 saturated carbocycles. The first-order valence-corrected chi connectivity index (χ1v) is 7.38. The number of anilines is 1. The van der Waals surface area contributed by atoms with Crippen molar-refractivity contribution in [1.29, 1.82) is 0 Å². The number of methoxy groups -OCH3 is 1. The van der Waals surface area contributed by atoms with E-state index in [-0.39, 0.29) is 5.91 Å². The highest BCUT2D eigenvalue weighted by Crippen LogP contribution is 2.32. The van der Waals surface area contributed by atoms with Gasteiger partial charge in [-0.2, -0.15) is 0 Å². The van der Waals surface area contributed by atoms with Crippen LogP contribution in [-0.2, 0) is 4.79 Å². The molecule has 0 aromatic heterocycles. The van der Waals surface area contributed by atoms with Gasteiger partial charge in [-0.1, -0.05) is 26.7 Å². The highest BCUT2D eigenvalue weighted by Gasteiger charge is 2.35. The van der Waals surface area contributed by atoms with Crippen LogP contribution >= 0.6 is 0 Å². The predicted octanol–water partition coefficient (Wildman–Crippen LogP) is 3.32. The Morgan fingerprint density at radius 3 is 2.43 bits per heavy atom. The number of nitrogens with one attached hydrogen (secondary N) is 1. The number of carbonyl (C=O) groups excluding carboxylic acids is 1. The van der Waals surface area contributed by atoms with E-state index in [0.717, 1.165) is 25.7 Å². The van der Waals surface area contributed by atoms with Crippen LogP contribution in [0.3, 0.4) is 0 Å². The van der Waals surface area contributed by atoms with Crippen LogP contribution < -0.4 is 15.8 Å². The molecule has 0 saturated heterocycles. The van der Waals surface area contributed by atoms with Gasteiger partial charge in [0.15, 0.2) is 0 Å². The van der Waals surface area contributed by atoms with Gasteiger partial charge < -0.3 is 15.8 Å². The van der Waals surface area contributed by atoms with Gasteiger partial charge in [-0.15, -0.1) is 0 Å². The zero-order chi connectivity index (χ0) is 15.9. The van der Waals surface area contributed by atoms with Gasteiger partial charge in [0.25, 0.3) is 0 Å². The second kappa shape index (κ2) is 7.98. The van der Waals surface area contributed by atoms with E-state index in [2.05, 4.69) is 5.32 Å². The first-order valence-electron chi connectivity index (χ1n) is 7.38. The largest absolute Gasteiger partial charge is 0.494 e. The van der Waals surface area contributed by atoms with Gasteiger partial charge in [-0.25, -0.2) is 4.39 Å². The van der Waals surface area contributed by atoms with Crippen molar-refractivity contribution < 1.29 is 13.9 Å². The fraction of sp³-hybridized carbons (Fsp3) is 0.562. The van der Waals surface area contributed by atoms with Crippen molar-refractivity contribution in [3.8, 4) is 5.75 Å². The maximum absolute atomic E-state index is 13.2. The summed E-state index contributed by atoms with van der Waals surface area (Å²) in [5, 5.41) is 2.84. The van der Waals surface area contributed by atoms with Crippen LogP contribution in [0.2, 0.25) is 0 Å². The van der Waals surface area contributed by atoms with Gasteiger partial charge in [-0.05, 0) is 25.0 Å². The third-order valence-corrected chi connectivity index (χ3v) is 3.74. The monoisotopic (exact) mass is 296 g/mol. The van der Waals surface area contributed by atoms with Crippen LogP contribution in [0.4, 0.5) is 10.1 Å². The third kappa shape index (κ3) is 4.17. The van der Waals surface area contributed by atoms with Crippen molar-refractivity contribution in [2.75, 3.05) is 19.0 Å². The van der Waals surface area contributed by atoms with Crippen molar-refractivity contribution in [2.45, 2.75) is 39.5 Å². The molecule has 1 aromatic rings. The van der Waals surface area contributed by atoms with E-state index >= 15 is 0 Å². The van der Waals surface area contributed by atoms with Crippen molar-refractivity contribution in [3.05, 3.63) is 24.0 Å². The van der Waals surface area contributed by atoms with Crippen molar-refractivity contribution in [3.63, 3.8) is 0 Å². The van der Waals surface area contributed by atoms with Crippen LogP contribution in [-0.4, -0.2) is 19.6 Å². The molecule has 0 spiro atoms. The fourth-order valence-corrected chi connectivity index (χ4v) is 2.63. The molecule has 21 heavy (non-hydrogen) atoms. The number of carbonyl (C=O) groups is 1. The van der Waals surface area contributed by atoms with Crippen LogP contribution in [0.1, 0.15) is 39.5 Å². The molecule has 1 amide bonds. The lowest BCUT2D eigenvalue weighted by Crippen LogP contribution is -2.42. The molecule has 0 aliphatic rings. The molecule has 118 valence electrons. The lowest BCUT2D eigenvalue weighted by Gasteiger charge is -2.31. The summed E-state index contributed by atoms with van der Waals surface area (Å²) in [6, 6.07) is 4.05. The minimum Gasteiger partial charge on any atom is -0.494 e. The van der Waals surface area contributed by atoms with E-state index in [1.807, 2.05) is 13.8 Å². The van der Waals surface area contributed by atoms with Crippen LogP contribution in [0, 0.1) is 11.2 Å². The van der Waals surface area contributed by atoms with E-state index in [0.29, 0.717) is 18.0 Å². The number of amides is 1. The summed E-state index contributed by atoms with van der Waals surface area (Å²) >= 11 is 0. The van der Waals surface area contributed by atoms with E-state index in [1.54, 1.807) is 0 Å². The molecule has 0 bridgehead atoms. The van der Waals surface area contributed by atoms with E-state index in [9.17, 15) is 9.18 Å². The SMILES string of the molecule is CCCC(CN)(CCC)C(=O)Nc1ccc(F)cc1OC. The number of benzene rings is 1. The Kier molecular flexibility index (Phi) is 6.62. The summed E-state index contributed by atoms with van der Waals surface area (Å²) in [4.78, 5) is 12.7. The number of hydrogen-bond donors (Lipinski definition) is 2. The van der Waals surface area contributed by atoms with Crippen molar-refractivity contribution in [2.24, 2.45) is 11.1 Å². The zero-order valence-corrected chi connectivity index (χ0v) is 13.0. The summed E-state index contributed by atoms with van der Waals surface area (Å²) in [5.74, 6) is -0.224. The van der Waals surface area contributed by atoms with E-state index in [1.165, 1.54) is 25.3 Å². The normalized spacial score (nSPS) is 11.3. The molecule has 1 aromatic carbocycles. The zero-order valence-electron chi connectivity index (χ0n) is 13.0. The lowest BCUT2D eigenvalue weighted by atomic mass is 9.78. The average Bonchev–Trinajstić information content (AvgIpc) is 2.48. The minimum absolute atomic E-state index is 0.126. The lowest BCUT2D eigenvalue weighted by molar-refractivity contribution is -0.126. The van der Waals surface area contributed by atoms with Gasteiger partial charge in [0.05, 0.1) is 18.2 Å². The molecule has 0 heterocycles. The summed E-state index contributed by atoms with van der Waals surface area (Å²) in [6.07, 6.45) is 3.22. The molecular weight excluding hydrogens is 271 g/mol. The molecule has 0 radical (unpaired) electrons. The molecule has 0 aliphatic heterocycles. The van der Waals surface area contributed by atoms with Crippen LogP contribution in [0.25, 0.3) is 0 Å². The second-order valence-electron chi connectivity index (χ2n) is 5.28. The smallest absolute Gasteiger partial charge is 0.231 e. The molecule has 4 nitrogen and oxygen atoms in total. The van der Waals surface area contributed by atoms with Crippen LogP contribution in [0.15, 0.2) is 18.2 Å². The maximum Gasteiger partial charge on any atom is 0.231 e. The molecule has 0 atom stereocenters. The number of halogens is 1. The molecule has 0 aliphatic carbocycles. The highest BCUT2D eigenvalue weighted by molar-refractivity contribution is 5.96. The summed E-state index contributed by atoms with van der Waals surface area (Å²) in [6.45, 7) is 4.36. The molecule has 0 fully saturated rings. The molecule has 3 N–H and O–H groups in total. The van der Waals surface area contributed by atoms with Gasteiger partial charge in [0.2, 0.25) is 5.91 Å². The number of nitrogens with two attached hydrogens (primary N) is 1. The van der Waals surface area contributed by atoms with Gasteiger partial charge in [0.1, 0.15) is 11.6 Å². The number of rotatable bonds is 8. The quantitative estimate of drug-likeness (QED) is 0.773. The Morgan fingerprint density at radius 1 is 1.33 bits per heavy atom. The Morgan fingerprint density at radius 2 is 1.95 bits per heavy atom. The second-order valence-corrected chi connectivity index (χ2v) is 5.28. The van der Waals surface area contributed by atoms with Gasteiger partial charge in [0, 0.05) is 12.6 Å². The Balaban J connectivity index is 3.01.